The molecule has 5 nitrogen and oxygen atoms in total. The fourth-order valence-electron chi connectivity index (χ4n) is 1.33. The van der Waals surface area contributed by atoms with Gasteiger partial charge in [0.2, 0.25) is 0 Å². The predicted octanol–water partition coefficient (Wildman–Crippen LogP) is 1.82. The van der Waals surface area contributed by atoms with E-state index in [2.05, 4.69) is 21.4 Å². The van der Waals surface area contributed by atoms with Crippen LogP contribution in [0.3, 0.4) is 0 Å². The zero-order chi connectivity index (χ0) is 12.1. The second-order valence-electron chi connectivity index (χ2n) is 2.95. The first-order chi connectivity index (χ1) is 7.65. The van der Waals surface area contributed by atoms with Crippen molar-refractivity contribution in [2.75, 3.05) is 21.3 Å². The third-order valence-electron chi connectivity index (χ3n) is 2.09. The van der Waals surface area contributed by atoms with Gasteiger partial charge in [0.25, 0.3) is 0 Å². The summed E-state index contributed by atoms with van der Waals surface area (Å²) in [6, 6.07) is 1.64. The summed E-state index contributed by atoms with van der Waals surface area (Å²) in [7, 11) is 4.55. The molecule has 1 aromatic rings. The average molecular weight is 292 g/mol. The van der Waals surface area contributed by atoms with Crippen molar-refractivity contribution in [2.24, 2.45) is 0 Å². The van der Waals surface area contributed by atoms with Crippen molar-refractivity contribution >= 4 is 15.9 Å². The molecule has 0 saturated heterocycles. The second kappa shape index (κ2) is 5.93. The van der Waals surface area contributed by atoms with Crippen LogP contribution in [0.4, 0.5) is 0 Å². The van der Waals surface area contributed by atoms with Crippen molar-refractivity contribution in [3.63, 3.8) is 0 Å². The maximum absolute atomic E-state index is 9.88. The Morgan fingerprint density at radius 3 is 2.50 bits per heavy atom. The molecule has 16 heavy (non-hydrogen) atoms. The van der Waals surface area contributed by atoms with Crippen molar-refractivity contribution in [2.45, 2.75) is 6.54 Å². The van der Waals surface area contributed by atoms with Crippen molar-refractivity contribution in [3.05, 3.63) is 16.1 Å². The van der Waals surface area contributed by atoms with Crippen LogP contribution < -0.4 is 15.0 Å². The number of hydrogen-bond acceptors (Lipinski definition) is 5. The molecule has 90 valence electrons. The largest absolute Gasteiger partial charge is 0.506 e. The lowest BCUT2D eigenvalue weighted by atomic mass is 10.1. The number of nitrogens with one attached hydrogen (secondary N) is 1. The molecule has 0 heterocycles. The normalized spacial score (nSPS) is 10.2. The van der Waals surface area contributed by atoms with Gasteiger partial charge in [-0.2, -0.15) is 5.48 Å². The first-order valence-corrected chi connectivity index (χ1v) is 5.33. The van der Waals surface area contributed by atoms with E-state index in [1.165, 1.54) is 21.3 Å². The Morgan fingerprint density at radius 1 is 1.31 bits per heavy atom. The lowest BCUT2D eigenvalue weighted by molar-refractivity contribution is 0.0854. The molecular weight excluding hydrogens is 278 g/mol. The minimum atomic E-state index is 0.0993. The Hall–Kier alpha value is -0.980. The molecule has 0 amide bonds. The summed E-state index contributed by atoms with van der Waals surface area (Å²) < 4.78 is 10.9. The van der Waals surface area contributed by atoms with Gasteiger partial charge in [0, 0.05) is 6.07 Å². The van der Waals surface area contributed by atoms with Gasteiger partial charge in [0.15, 0.2) is 11.5 Å². The highest BCUT2D eigenvalue weighted by atomic mass is 79.9. The Morgan fingerprint density at radius 2 is 2.00 bits per heavy atom. The van der Waals surface area contributed by atoms with Crippen molar-refractivity contribution in [1.29, 1.82) is 0 Å². The summed E-state index contributed by atoms with van der Waals surface area (Å²) in [6.07, 6.45) is 0. The summed E-state index contributed by atoms with van der Waals surface area (Å²) in [5, 5.41) is 9.88. The molecule has 0 unspecified atom stereocenters. The van der Waals surface area contributed by atoms with E-state index in [1.807, 2.05) is 0 Å². The molecule has 0 radical (unpaired) electrons. The van der Waals surface area contributed by atoms with Crippen LogP contribution in [0.15, 0.2) is 10.5 Å². The quantitative estimate of drug-likeness (QED) is 0.811. The van der Waals surface area contributed by atoms with Gasteiger partial charge in [-0.1, -0.05) is 0 Å². The zero-order valence-electron chi connectivity index (χ0n) is 9.33. The SMILES string of the molecule is CONCc1c(O)c(Br)cc(OC)c1OC. The third-order valence-corrected chi connectivity index (χ3v) is 2.69. The first-order valence-electron chi connectivity index (χ1n) is 4.53. The van der Waals surface area contributed by atoms with Gasteiger partial charge in [-0.15, -0.1) is 0 Å². The average Bonchev–Trinajstić information content (AvgIpc) is 2.30. The van der Waals surface area contributed by atoms with Crippen LogP contribution >= 0.6 is 15.9 Å². The van der Waals surface area contributed by atoms with Gasteiger partial charge in [0.1, 0.15) is 5.75 Å². The van der Waals surface area contributed by atoms with Crippen LogP contribution in [-0.2, 0) is 11.4 Å². The molecule has 0 spiro atoms. The molecule has 0 saturated carbocycles. The Bertz CT molecular complexity index is 370. The lowest BCUT2D eigenvalue weighted by Crippen LogP contribution is -2.12. The zero-order valence-corrected chi connectivity index (χ0v) is 10.9. The van der Waals surface area contributed by atoms with Gasteiger partial charge in [0.05, 0.1) is 37.9 Å². The Balaban J connectivity index is 3.23. The number of rotatable bonds is 5. The molecule has 6 heteroatoms. The number of phenols is 1. The highest BCUT2D eigenvalue weighted by molar-refractivity contribution is 9.10. The molecule has 0 bridgehead atoms. The lowest BCUT2D eigenvalue weighted by Gasteiger charge is -2.15. The van der Waals surface area contributed by atoms with E-state index < -0.39 is 0 Å². The van der Waals surface area contributed by atoms with Crippen molar-refractivity contribution in [1.82, 2.24) is 5.48 Å². The Kier molecular flexibility index (Phi) is 4.85. The molecule has 2 N–H and O–H groups in total. The van der Waals surface area contributed by atoms with Crippen LogP contribution in [-0.4, -0.2) is 26.4 Å². The van der Waals surface area contributed by atoms with Crippen LogP contribution in [0, 0.1) is 0 Å². The molecule has 0 aliphatic heterocycles. The third kappa shape index (κ3) is 2.58. The molecule has 1 rings (SSSR count). The van der Waals surface area contributed by atoms with Crippen LogP contribution in [0.25, 0.3) is 0 Å². The predicted molar refractivity (Wildman–Crippen MR) is 62.8 cm³/mol. The number of hydrogen-bond donors (Lipinski definition) is 2. The number of halogens is 1. The summed E-state index contributed by atoms with van der Waals surface area (Å²) in [6.45, 7) is 0.307. The summed E-state index contributed by atoms with van der Waals surface area (Å²) in [4.78, 5) is 4.74. The number of aromatic hydroxyl groups is 1. The van der Waals surface area contributed by atoms with E-state index in [0.717, 1.165) is 0 Å². The molecular formula is C10H14BrNO4. The topological polar surface area (TPSA) is 60.0 Å². The van der Waals surface area contributed by atoms with Crippen LogP contribution in [0.5, 0.6) is 17.2 Å². The van der Waals surface area contributed by atoms with Crippen molar-refractivity contribution < 1.29 is 19.4 Å². The van der Waals surface area contributed by atoms with Gasteiger partial charge < -0.3 is 19.4 Å². The van der Waals surface area contributed by atoms with Crippen LogP contribution in [0.1, 0.15) is 5.56 Å². The van der Waals surface area contributed by atoms with E-state index in [9.17, 15) is 5.11 Å². The maximum atomic E-state index is 9.88. The number of benzene rings is 1. The minimum absolute atomic E-state index is 0.0993. The fourth-order valence-corrected chi connectivity index (χ4v) is 1.78. The van der Waals surface area contributed by atoms with Gasteiger partial charge in [-0.05, 0) is 15.9 Å². The first kappa shape index (κ1) is 13.1. The van der Waals surface area contributed by atoms with E-state index in [4.69, 9.17) is 14.3 Å². The smallest absolute Gasteiger partial charge is 0.169 e. The number of methoxy groups -OCH3 is 2. The van der Waals surface area contributed by atoms with Crippen LogP contribution in [0.2, 0.25) is 0 Å². The number of ether oxygens (including phenoxy) is 2. The van der Waals surface area contributed by atoms with Gasteiger partial charge >= 0.3 is 0 Å². The second-order valence-corrected chi connectivity index (χ2v) is 3.80. The monoisotopic (exact) mass is 291 g/mol. The summed E-state index contributed by atoms with van der Waals surface area (Å²) in [5.41, 5.74) is 3.21. The standard InChI is InChI=1S/C10H14BrNO4/c1-14-8-4-7(11)9(13)6(5-12-16-3)10(8)15-2/h4,12-13H,5H2,1-3H3. The van der Waals surface area contributed by atoms with E-state index in [0.29, 0.717) is 28.1 Å². The summed E-state index contributed by atoms with van der Waals surface area (Å²) >= 11 is 3.24. The van der Waals surface area contributed by atoms with E-state index in [-0.39, 0.29) is 5.75 Å². The molecule has 0 fully saturated rings. The van der Waals surface area contributed by atoms with E-state index in [1.54, 1.807) is 6.07 Å². The summed E-state index contributed by atoms with van der Waals surface area (Å²) in [5.74, 6) is 1.12. The molecule has 0 aliphatic carbocycles. The van der Waals surface area contributed by atoms with E-state index >= 15 is 0 Å². The minimum Gasteiger partial charge on any atom is -0.506 e. The maximum Gasteiger partial charge on any atom is 0.169 e. The number of phenolic OH excluding ortho intramolecular Hbond substituents is 1. The molecule has 0 aliphatic rings. The van der Waals surface area contributed by atoms with Gasteiger partial charge in [-0.3, -0.25) is 0 Å². The highest BCUT2D eigenvalue weighted by Crippen LogP contribution is 2.42. The fraction of sp³-hybridized carbons (Fsp3) is 0.400. The molecule has 0 aromatic heterocycles. The number of hydroxylamine groups is 1. The van der Waals surface area contributed by atoms with Gasteiger partial charge in [-0.25, -0.2) is 0 Å². The highest BCUT2D eigenvalue weighted by Gasteiger charge is 2.17. The molecule has 0 atom stereocenters. The molecule has 1 aromatic carbocycles. The van der Waals surface area contributed by atoms with Crippen molar-refractivity contribution in [3.8, 4) is 17.2 Å². The Labute approximate surface area is 102 Å².